The van der Waals surface area contributed by atoms with Gasteiger partial charge in [-0.1, -0.05) is 11.8 Å². The van der Waals surface area contributed by atoms with Crippen LogP contribution in [0.2, 0.25) is 0 Å². The number of hydrogen-bond acceptors (Lipinski definition) is 7. The van der Waals surface area contributed by atoms with E-state index in [2.05, 4.69) is 15.2 Å². The predicted molar refractivity (Wildman–Crippen MR) is 117 cm³/mol. The van der Waals surface area contributed by atoms with Gasteiger partial charge in [0.2, 0.25) is 0 Å². The van der Waals surface area contributed by atoms with Crippen LogP contribution < -0.4 is 9.47 Å². The monoisotopic (exact) mass is 448 g/mol. The summed E-state index contributed by atoms with van der Waals surface area (Å²) in [5.41, 5.74) is 2.03. The highest BCUT2D eigenvalue weighted by Crippen LogP contribution is 2.32. The Labute approximate surface area is 187 Å². The summed E-state index contributed by atoms with van der Waals surface area (Å²) >= 11 is 1.26. The van der Waals surface area contributed by atoms with E-state index in [9.17, 15) is 9.18 Å². The number of hydrogen-bond donors (Lipinski definition) is 0. The van der Waals surface area contributed by atoms with E-state index < -0.39 is 0 Å². The van der Waals surface area contributed by atoms with E-state index in [1.807, 2.05) is 12.1 Å². The van der Waals surface area contributed by atoms with Gasteiger partial charge >= 0.3 is 0 Å². The van der Waals surface area contributed by atoms with E-state index in [0.29, 0.717) is 46.9 Å². The Morgan fingerprint density at radius 2 is 1.72 bits per heavy atom. The molecule has 0 radical (unpaired) electrons. The fraction of sp³-hybridized carbons (Fsp3) is 0.130. The predicted octanol–water partition coefficient (Wildman–Crippen LogP) is 4.21. The highest BCUT2D eigenvalue weighted by atomic mass is 32.2. The molecule has 32 heavy (non-hydrogen) atoms. The number of Topliss-reactive ketones (excluding diaryl/α,β-unsaturated/α-hetero) is 1. The van der Waals surface area contributed by atoms with E-state index in [1.54, 1.807) is 47.3 Å². The smallest absolute Gasteiger partial charge is 0.196 e. The molecule has 0 bridgehead atoms. The van der Waals surface area contributed by atoms with Crippen molar-refractivity contribution in [2.24, 2.45) is 0 Å². The zero-order chi connectivity index (χ0) is 21.9. The molecular formula is C23H17FN4O3S. The van der Waals surface area contributed by atoms with Crippen molar-refractivity contribution in [2.45, 2.75) is 5.16 Å². The van der Waals surface area contributed by atoms with E-state index in [-0.39, 0.29) is 17.4 Å². The molecule has 9 heteroatoms. The maximum atomic E-state index is 13.5. The van der Waals surface area contributed by atoms with Gasteiger partial charge in [-0.15, -0.1) is 10.2 Å². The third-order valence-electron chi connectivity index (χ3n) is 4.85. The standard InChI is InChI=1S/C23H17FN4O3S/c24-17-2-4-18(5-3-17)28-22(15-7-9-25-10-8-15)26-27-23(28)32-14-19(29)16-1-6-20-21(13-16)31-12-11-30-20/h1-10,13H,11-12,14H2. The molecule has 0 atom stereocenters. The number of fused-ring (bicyclic) bond motifs is 1. The Bertz CT molecular complexity index is 1260. The zero-order valence-electron chi connectivity index (χ0n) is 16.8. The second-order valence-corrected chi connectivity index (χ2v) is 7.87. The van der Waals surface area contributed by atoms with Crippen molar-refractivity contribution in [1.29, 1.82) is 0 Å². The van der Waals surface area contributed by atoms with Crippen molar-refractivity contribution in [2.75, 3.05) is 19.0 Å². The van der Waals surface area contributed by atoms with Crippen LogP contribution in [0.4, 0.5) is 4.39 Å². The first kappa shape index (κ1) is 20.2. The van der Waals surface area contributed by atoms with E-state index >= 15 is 0 Å². The van der Waals surface area contributed by atoms with Crippen LogP contribution in [0, 0.1) is 5.82 Å². The molecule has 160 valence electrons. The van der Waals surface area contributed by atoms with Crippen LogP contribution in [0.3, 0.4) is 0 Å². The lowest BCUT2D eigenvalue weighted by molar-refractivity contribution is 0.102. The van der Waals surface area contributed by atoms with Gasteiger partial charge in [0.25, 0.3) is 0 Å². The Balaban J connectivity index is 1.43. The Morgan fingerprint density at radius 3 is 2.50 bits per heavy atom. The van der Waals surface area contributed by atoms with Crippen molar-refractivity contribution in [3.63, 3.8) is 0 Å². The molecule has 0 fully saturated rings. The zero-order valence-corrected chi connectivity index (χ0v) is 17.6. The summed E-state index contributed by atoms with van der Waals surface area (Å²) in [6.07, 6.45) is 3.33. The number of thioether (sulfide) groups is 1. The van der Waals surface area contributed by atoms with Gasteiger partial charge in [0.1, 0.15) is 19.0 Å². The summed E-state index contributed by atoms with van der Waals surface area (Å²) < 4.78 is 26.4. The number of aromatic nitrogens is 4. The number of carbonyl (C=O) groups excluding carboxylic acids is 1. The molecule has 2 aromatic carbocycles. The molecule has 0 amide bonds. The molecule has 0 aliphatic carbocycles. The van der Waals surface area contributed by atoms with Crippen LogP contribution in [0.5, 0.6) is 11.5 Å². The fourth-order valence-corrected chi connectivity index (χ4v) is 4.15. The van der Waals surface area contributed by atoms with Crippen LogP contribution in [0.25, 0.3) is 17.1 Å². The quantitative estimate of drug-likeness (QED) is 0.323. The van der Waals surface area contributed by atoms with Crippen LogP contribution in [0.15, 0.2) is 72.1 Å². The van der Waals surface area contributed by atoms with Gasteiger partial charge in [0, 0.05) is 29.2 Å². The first-order valence-electron chi connectivity index (χ1n) is 9.86. The summed E-state index contributed by atoms with van der Waals surface area (Å²) in [6, 6.07) is 14.9. The number of ketones is 1. The van der Waals surface area contributed by atoms with Gasteiger partial charge in [-0.25, -0.2) is 4.39 Å². The van der Waals surface area contributed by atoms with Crippen LogP contribution in [-0.2, 0) is 0 Å². The fourth-order valence-electron chi connectivity index (χ4n) is 3.30. The van der Waals surface area contributed by atoms with Crippen molar-refractivity contribution in [3.8, 4) is 28.6 Å². The van der Waals surface area contributed by atoms with E-state index in [4.69, 9.17) is 9.47 Å². The first-order valence-corrected chi connectivity index (χ1v) is 10.8. The summed E-state index contributed by atoms with van der Waals surface area (Å²) in [4.78, 5) is 16.9. The maximum absolute atomic E-state index is 13.5. The molecule has 0 unspecified atom stereocenters. The maximum Gasteiger partial charge on any atom is 0.196 e. The summed E-state index contributed by atoms with van der Waals surface area (Å²) in [5.74, 6) is 1.52. The van der Waals surface area contributed by atoms with Gasteiger partial charge in [-0.3, -0.25) is 14.3 Å². The molecule has 0 N–H and O–H groups in total. The third-order valence-corrected chi connectivity index (χ3v) is 5.78. The normalized spacial score (nSPS) is 12.5. The summed E-state index contributed by atoms with van der Waals surface area (Å²) in [6.45, 7) is 0.951. The topological polar surface area (TPSA) is 79.1 Å². The van der Waals surface area contributed by atoms with Gasteiger partial charge in [0.15, 0.2) is 28.3 Å². The van der Waals surface area contributed by atoms with Gasteiger partial charge in [-0.2, -0.15) is 0 Å². The molecule has 1 aliphatic heterocycles. The number of halogens is 1. The SMILES string of the molecule is O=C(CSc1nnc(-c2ccncc2)n1-c1ccc(F)cc1)c1ccc2c(c1)OCCO2. The van der Waals surface area contributed by atoms with Gasteiger partial charge in [-0.05, 0) is 54.6 Å². The lowest BCUT2D eigenvalue weighted by Gasteiger charge is -2.18. The van der Waals surface area contributed by atoms with Crippen LogP contribution >= 0.6 is 11.8 Å². The van der Waals surface area contributed by atoms with Crippen molar-refractivity contribution >= 4 is 17.5 Å². The van der Waals surface area contributed by atoms with Crippen LogP contribution in [-0.4, -0.2) is 44.5 Å². The number of ether oxygens (including phenoxy) is 2. The number of benzene rings is 2. The number of nitrogens with zero attached hydrogens (tertiary/aromatic N) is 4. The molecule has 2 aromatic heterocycles. The minimum absolute atomic E-state index is 0.0777. The lowest BCUT2D eigenvalue weighted by Crippen LogP contribution is -2.16. The second kappa shape index (κ2) is 8.80. The van der Waals surface area contributed by atoms with E-state index in [1.165, 1.54) is 23.9 Å². The average molecular weight is 448 g/mol. The minimum atomic E-state index is -0.338. The molecular weight excluding hydrogens is 431 g/mol. The number of rotatable bonds is 6. The summed E-state index contributed by atoms with van der Waals surface area (Å²) in [5, 5.41) is 9.13. The lowest BCUT2D eigenvalue weighted by atomic mass is 10.1. The number of pyridine rings is 1. The molecule has 0 saturated carbocycles. The summed E-state index contributed by atoms with van der Waals surface area (Å²) in [7, 11) is 0. The first-order chi connectivity index (χ1) is 15.7. The molecule has 5 rings (SSSR count). The molecule has 0 spiro atoms. The molecule has 4 aromatic rings. The molecule has 3 heterocycles. The molecule has 0 saturated heterocycles. The van der Waals surface area contributed by atoms with Gasteiger partial charge in [0.05, 0.1) is 5.75 Å². The third kappa shape index (κ3) is 4.06. The Hall–Kier alpha value is -3.72. The largest absolute Gasteiger partial charge is 0.486 e. The number of carbonyl (C=O) groups is 1. The second-order valence-electron chi connectivity index (χ2n) is 6.92. The highest BCUT2D eigenvalue weighted by Gasteiger charge is 2.19. The van der Waals surface area contributed by atoms with Crippen LogP contribution in [0.1, 0.15) is 10.4 Å². The highest BCUT2D eigenvalue weighted by molar-refractivity contribution is 7.99. The average Bonchev–Trinajstić information content (AvgIpc) is 3.27. The van der Waals surface area contributed by atoms with Gasteiger partial charge < -0.3 is 9.47 Å². The van der Waals surface area contributed by atoms with Crippen molar-refractivity contribution in [3.05, 3.63) is 78.4 Å². The molecule has 7 nitrogen and oxygen atoms in total. The minimum Gasteiger partial charge on any atom is -0.486 e. The van der Waals surface area contributed by atoms with Crippen molar-refractivity contribution in [1.82, 2.24) is 19.7 Å². The Morgan fingerprint density at radius 1 is 0.969 bits per heavy atom. The van der Waals surface area contributed by atoms with Crippen molar-refractivity contribution < 1.29 is 18.7 Å². The molecule has 1 aliphatic rings. The Kier molecular flexibility index (Phi) is 5.55. The van der Waals surface area contributed by atoms with E-state index in [0.717, 1.165) is 5.56 Å².